The molecule has 0 bridgehead atoms. The van der Waals surface area contributed by atoms with Gasteiger partial charge in [0.15, 0.2) is 0 Å². The lowest BCUT2D eigenvalue weighted by Crippen LogP contribution is -2.32. The van der Waals surface area contributed by atoms with Crippen LogP contribution < -0.4 is 11.1 Å². The van der Waals surface area contributed by atoms with E-state index in [4.69, 9.17) is 5.73 Å². The first-order chi connectivity index (χ1) is 12.8. The first-order valence-corrected chi connectivity index (χ1v) is 9.60. The molecular formula is C19H31F3N4O. The van der Waals surface area contributed by atoms with E-state index in [9.17, 15) is 18.0 Å². The van der Waals surface area contributed by atoms with Crippen LogP contribution in [-0.2, 0) is 4.79 Å². The van der Waals surface area contributed by atoms with E-state index in [-0.39, 0.29) is 12.5 Å². The summed E-state index contributed by atoms with van der Waals surface area (Å²) in [5.41, 5.74) is 5.32. The van der Waals surface area contributed by atoms with E-state index in [1.54, 1.807) is 4.90 Å². The summed E-state index contributed by atoms with van der Waals surface area (Å²) in [6.07, 6.45) is 3.37. The molecule has 1 amide bonds. The molecule has 1 rings (SSSR count). The highest BCUT2D eigenvalue weighted by atomic mass is 19.4. The number of nitrogens with one attached hydrogen (secondary N) is 1. The fourth-order valence-corrected chi connectivity index (χ4v) is 2.84. The van der Waals surface area contributed by atoms with Crippen molar-refractivity contribution in [2.75, 3.05) is 19.6 Å². The molecule has 154 valence electrons. The molecule has 0 saturated carbocycles. The maximum atomic E-state index is 13.3. The molecule has 1 saturated heterocycles. The number of alkyl halides is 3. The molecule has 0 aliphatic carbocycles. The molecule has 0 unspecified atom stereocenters. The van der Waals surface area contributed by atoms with E-state index in [0.717, 1.165) is 31.9 Å². The Bertz CT molecular complexity index is 568. The highest BCUT2D eigenvalue weighted by Gasteiger charge is 2.36. The van der Waals surface area contributed by atoms with Gasteiger partial charge in [-0.2, -0.15) is 13.2 Å². The van der Waals surface area contributed by atoms with Crippen LogP contribution >= 0.6 is 0 Å². The average molecular weight is 388 g/mol. The molecule has 1 fully saturated rings. The van der Waals surface area contributed by atoms with Crippen LogP contribution in [0.5, 0.6) is 0 Å². The number of aliphatic imine (C=N–C) groups is 1. The average Bonchev–Trinajstić information content (AvgIpc) is 2.81. The Kier molecular flexibility index (Phi) is 9.96. The zero-order chi connectivity index (χ0) is 20.3. The highest BCUT2D eigenvalue weighted by Crippen LogP contribution is 2.25. The minimum absolute atomic E-state index is 0.110. The van der Waals surface area contributed by atoms with Gasteiger partial charge in [-0.15, -0.1) is 0 Å². The van der Waals surface area contributed by atoms with Gasteiger partial charge in [0.2, 0.25) is 5.91 Å². The second-order valence-electron chi connectivity index (χ2n) is 6.50. The summed E-state index contributed by atoms with van der Waals surface area (Å²) >= 11 is 0. The first kappa shape index (κ1) is 23.0. The number of carbonyl (C=O) groups is 1. The molecule has 8 heteroatoms. The maximum Gasteiger partial charge on any atom is 0.421 e. The van der Waals surface area contributed by atoms with Crippen molar-refractivity contribution in [2.45, 2.75) is 65.0 Å². The molecule has 5 nitrogen and oxygen atoms in total. The monoisotopic (exact) mass is 388 g/mol. The summed E-state index contributed by atoms with van der Waals surface area (Å²) in [4.78, 5) is 17.6. The smallest absolute Gasteiger partial charge is 0.383 e. The zero-order valence-electron chi connectivity index (χ0n) is 16.2. The largest absolute Gasteiger partial charge is 0.421 e. The van der Waals surface area contributed by atoms with Crippen LogP contribution in [0.2, 0.25) is 0 Å². The normalized spacial score (nSPS) is 17.9. The van der Waals surface area contributed by atoms with Crippen molar-refractivity contribution in [3.8, 4) is 0 Å². The highest BCUT2D eigenvalue weighted by molar-refractivity contribution is 5.98. The van der Waals surface area contributed by atoms with Crippen LogP contribution in [-0.4, -0.2) is 42.5 Å². The van der Waals surface area contributed by atoms with E-state index in [2.05, 4.69) is 10.3 Å². The number of allylic oxidation sites excluding steroid dienone is 2. The molecule has 1 aliphatic heterocycles. The van der Waals surface area contributed by atoms with Crippen molar-refractivity contribution < 1.29 is 18.0 Å². The number of carbonyl (C=O) groups excluding carboxylic acids is 1. The predicted octanol–water partition coefficient (Wildman–Crippen LogP) is 3.88. The number of nitrogens with two attached hydrogens (primary N) is 1. The molecule has 0 aromatic heterocycles. The third kappa shape index (κ3) is 8.49. The van der Waals surface area contributed by atoms with Crippen molar-refractivity contribution in [2.24, 2.45) is 10.7 Å². The van der Waals surface area contributed by atoms with Gasteiger partial charge >= 0.3 is 6.18 Å². The van der Waals surface area contributed by atoms with E-state index in [0.29, 0.717) is 38.0 Å². The zero-order valence-corrected chi connectivity index (χ0v) is 16.2. The number of hydrogen-bond acceptors (Lipinski definition) is 3. The SMILES string of the molecule is CC/C=C(\CC)N/C=C(\C(N)=NCCCN1CCCCCC1=O)C(F)(F)F. The van der Waals surface area contributed by atoms with Crippen LogP contribution in [0.4, 0.5) is 13.2 Å². The number of hydrogen-bond donors (Lipinski definition) is 2. The molecule has 0 atom stereocenters. The van der Waals surface area contributed by atoms with Crippen molar-refractivity contribution in [1.82, 2.24) is 10.2 Å². The van der Waals surface area contributed by atoms with Crippen LogP contribution in [0.25, 0.3) is 0 Å². The van der Waals surface area contributed by atoms with Gasteiger partial charge in [0.05, 0.1) is 0 Å². The summed E-state index contributed by atoms with van der Waals surface area (Å²) in [6, 6.07) is 0. The summed E-state index contributed by atoms with van der Waals surface area (Å²) in [6.45, 7) is 5.12. The minimum atomic E-state index is -4.59. The third-order valence-corrected chi connectivity index (χ3v) is 4.35. The summed E-state index contributed by atoms with van der Waals surface area (Å²) in [7, 11) is 0. The van der Waals surface area contributed by atoms with Gasteiger partial charge in [0.25, 0.3) is 0 Å². The lowest BCUT2D eigenvalue weighted by atomic mass is 10.2. The second kappa shape index (κ2) is 11.7. The topological polar surface area (TPSA) is 70.7 Å². The summed E-state index contributed by atoms with van der Waals surface area (Å²) in [5.74, 6) is -0.427. The Balaban J connectivity index is 2.68. The quantitative estimate of drug-likeness (QED) is 0.358. The molecule has 0 aromatic carbocycles. The Hall–Kier alpha value is -1.99. The molecular weight excluding hydrogens is 357 g/mol. The first-order valence-electron chi connectivity index (χ1n) is 9.60. The fourth-order valence-electron chi connectivity index (χ4n) is 2.84. The Morgan fingerprint density at radius 3 is 2.67 bits per heavy atom. The van der Waals surface area contributed by atoms with Gasteiger partial charge in [0, 0.05) is 38.0 Å². The fraction of sp³-hybridized carbons (Fsp3) is 0.684. The lowest BCUT2D eigenvalue weighted by molar-refractivity contribution is -0.130. The molecule has 1 aliphatic rings. The van der Waals surface area contributed by atoms with Gasteiger partial charge in [-0.05, 0) is 32.1 Å². The van der Waals surface area contributed by atoms with Gasteiger partial charge in [-0.25, -0.2) is 0 Å². The minimum Gasteiger partial charge on any atom is -0.383 e. The van der Waals surface area contributed by atoms with Crippen LogP contribution in [0, 0.1) is 0 Å². The van der Waals surface area contributed by atoms with Gasteiger partial charge in [-0.3, -0.25) is 9.79 Å². The maximum absolute atomic E-state index is 13.3. The lowest BCUT2D eigenvalue weighted by Gasteiger charge is -2.19. The molecule has 3 N–H and O–H groups in total. The van der Waals surface area contributed by atoms with E-state index < -0.39 is 17.6 Å². The number of halogens is 3. The van der Waals surface area contributed by atoms with Crippen molar-refractivity contribution in [3.63, 3.8) is 0 Å². The molecule has 1 heterocycles. The molecule has 0 aromatic rings. The van der Waals surface area contributed by atoms with Gasteiger partial charge < -0.3 is 16.0 Å². The van der Waals surface area contributed by atoms with E-state index in [1.807, 2.05) is 19.9 Å². The van der Waals surface area contributed by atoms with Gasteiger partial charge in [-0.1, -0.05) is 26.3 Å². The summed E-state index contributed by atoms with van der Waals surface area (Å²) in [5, 5.41) is 2.68. The van der Waals surface area contributed by atoms with Crippen molar-refractivity contribution in [1.29, 1.82) is 0 Å². The van der Waals surface area contributed by atoms with Crippen LogP contribution in [0.1, 0.15) is 58.8 Å². The Morgan fingerprint density at radius 1 is 1.30 bits per heavy atom. The van der Waals surface area contributed by atoms with Crippen molar-refractivity contribution in [3.05, 3.63) is 23.5 Å². The number of amides is 1. The number of rotatable bonds is 9. The summed E-state index contributed by atoms with van der Waals surface area (Å²) < 4.78 is 39.8. The number of amidine groups is 1. The van der Waals surface area contributed by atoms with Gasteiger partial charge in [0.1, 0.15) is 11.4 Å². The van der Waals surface area contributed by atoms with Crippen LogP contribution in [0.15, 0.2) is 28.5 Å². The van der Waals surface area contributed by atoms with Crippen molar-refractivity contribution >= 4 is 11.7 Å². The molecule has 0 radical (unpaired) electrons. The van der Waals surface area contributed by atoms with Crippen LogP contribution in [0.3, 0.4) is 0 Å². The second-order valence-corrected chi connectivity index (χ2v) is 6.50. The predicted molar refractivity (Wildman–Crippen MR) is 102 cm³/mol. The molecule has 0 spiro atoms. The van der Waals surface area contributed by atoms with E-state index >= 15 is 0 Å². The standard InChI is InChI=1S/C19H31F3N4O/c1-3-9-15(4-2)25-14-16(19(20,21)22)18(23)24-11-8-13-26-12-7-5-6-10-17(26)27/h9,14,25H,3-8,10-13H2,1-2H3,(H2,23,24)/b15-9+,16-14+. The Labute approximate surface area is 159 Å². The molecule has 27 heavy (non-hydrogen) atoms. The number of likely N-dealkylation sites (tertiary alicyclic amines) is 1. The Morgan fingerprint density at radius 2 is 2.04 bits per heavy atom. The third-order valence-electron chi connectivity index (χ3n) is 4.35. The number of nitrogens with zero attached hydrogens (tertiary/aromatic N) is 2. The van der Waals surface area contributed by atoms with E-state index in [1.165, 1.54) is 0 Å².